The minimum absolute atomic E-state index is 0.826. The summed E-state index contributed by atoms with van der Waals surface area (Å²) in [6, 6.07) is 0. The smallest absolute Gasteiger partial charge is 0.00558 e. The monoisotopic (exact) mass is 175 g/mol. The number of nitrogens with two attached hydrogens (primary N) is 1. The molecule has 0 spiro atoms. The Morgan fingerprint density at radius 2 is 2.00 bits per heavy atom. The summed E-state index contributed by atoms with van der Waals surface area (Å²) in [7, 11) is 0. The molecule has 0 bridgehead atoms. The largest absolute Gasteiger partial charge is 0.330 e. The molecule has 0 radical (unpaired) electrons. The zero-order valence-electron chi connectivity index (χ0n) is 7.81. The molecule has 0 aliphatic heterocycles. The Labute approximate surface area is 75.1 Å². The molecule has 0 heterocycles. The van der Waals surface area contributed by atoms with Crippen LogP contribution < -0.4 is 5.73 Å². The van der Waals surface area contributed by atoms with Gasteiger partial charge < -0.3 is 5.73 Å². The predicted molar refractivity (Wildman–Crippen MR) is 55.1 cm³/mol. The van der Waals surface area contributed by atoms with Gasteiger partial charge in [0.1, 0.15) is 0 Å². The van der Waals surface area contributed by atoms with Crippen molar-refractivity contribution in [3.63, 3.8) is 0 Å². The molecule has 0 rings (SSSR count). The lowest BCUT2D eigenvalue weighted by atomic mass is 10.0. The Morgan fingerprint density at radius 3 is 2.55 bits per heavy atom. The first-order valence-corrected chi connectivity index (χ1v) is 5.74. The van der Waals surface area contributed by atoms with Crippen molar-refractivity contribution in [2.75, 3.05) is 18.1 Å². The van der Waals surface area contributed by atoms with E-state index in [0.717, 1.165) is 18.2 Å². The maximum Gasteiger partial charge on any atom is 0.00558 e. The van der Waals surface area contributed by atoms with Gasteiger partial charge in [0.2, 0.25) is 0 Å². The fourth-order valence-corrected chi connectivity index (χ4v) is 2.05. The summed E-state index contributed by atoms with van der Waals surface area (Å²) in [5.74, 6) is 3.32. The Kier molecular flexibility index (Phi) is 8.64. The highest BCUT2D eigenvalue weighted by molar-refractivity contribution is 7.99. The Balaban J connectivity index is 2.97. The summed E-state index contributed by atoms with van der Waals surface area (Å²) in [6.07, 6.45) is 4.06. The number of rotatable bonds is 7. The van der Waals surface area contributed by atoms with E-state index in [9.17, 15) is 0 Å². The van der Waals surface area contributed by atoms with Gasteiger partial charge in [-0.3, -0.25) is 0 Å². The molecule has 0 amide bonds. The van der Waals surface area contributed by atoms with E-state index in [4.69, 9.17) is 5.73 Å². The van der Waals surface area contributed by atoms with Gasteiger partial charge in [-0.25, -0.2) is 0 Å². The van der Waals surface area contributed by atoms with Gasteiger partial charge in [0.15, 0.2) is 0 Å². The lowest BCUT2D eigenvalue weighted by Crippen LogP contribution is -2.03. The first kappa shape index (κ1) is 11.3. The fraction of sp³-hybridized carbons (Fsp3) is 1.00. The van der Waals surface area contributed by atoms with Crippen LogP contribution in [-0.4, -0.2) is 18.1 Å². The summed E-state index contributed by atoms with van der Waals surface area (Å²) < 4.78 is 0. The van der Waals surface area contributed by atoms with Crippen molar-refractivity contribution in [1.29, 1.82) is 0 Å². The van der Waals surface area contributed by atoms with E-state index in [1.54, 1.807) is 0 Å². The molecule has 2 N–H and O–H groups in total. The molecule has 0 aromatic rings. The first-order valence-electron chi connectivity index (χ1n) is 4.59. The third-order valence-corrected chi connectivity index (χ3v) is 2.85. The summed E-state index contributed by atoms with van der Waals surface area (Å²) in [5.41, 5.74) is 5.38. The molecule has 0 aliphatic carbocycles. The van der Waals surface area contributed by atoms with Crippen LogP contribution >= 0.6 is 11.8 Å². The lowest BCUT2D eigenvalue weighted by Gasteiger charge is -2.08. The van der Waals surface area contributed by atoms with Crippen molar-refractivity contribution in [3.05, 3.63) is 0 Å². The van der Waals surface area contributed by atoms with Gasteiger partial charge in [-0.05, 0) is 18.1 Å². The molecule has 1 atom stereocenters. The van der Waals surface area contributed by atoms with E-state index in [1.807, 2.05) is 11.8 Å². The van der Waals surface area contributed by atoms with Crippen molar-refractivity contribution in [2.45, 2.75) is 33.1 Å². The van der Waals surface area contributed by atoms with Crippen LogP contribution in [-0.2, 0) is 0 Å². The Morgan fingerprint density at radius 1 is 1.27 bits per heavy atom. The van der Waals surface area contributed by atoms with Crippen LogP contribution in [0.2, 0.25) is 0 Å². The zero-order valence-corrected chi connectivity index (χ0v) is 8.62. The standard InChI is InChI=1S/C9H21NS/c1-3-4-9(2)5-7-11-8-6-10/h9H,3-8,10H2,1-2H3. The Hall–Kier alpha value is 0.310. The van der Waals surface area contributed by atoms with Gasteiger partial charge in [0.05, 0.1) is 0 Å². The molecule has 0 aromatic heterocycles. The quantitative estimate of drug-likeness (QED) is 0.602. The van der Waals surface area contributed by atoms with Crippen LogP contribution in [0.3, 0.4) is 0 Å². The van der Waals surface area contributed by atoms with E-state index >= 15 is 0 Å². The number of hydrogen-bond acceptors (Lipinski definition) is 2. The molecule has 68 valence electrons. The molecule has 0 saturated carbocycles. The highest BCUT2D eigenvalue weighted by Crippen LogP contribution is 2.13. The third kappa shape index (κ3) is 8.21. The van der Waals surface area contributed by atoms with Crippen LogP contribution in [0.15, 0.2) is 0 Å². The maximum absolute atomic E-state index is 5.38. The van der Waals surface area contributed by atoms with Gasteiger partial charge in [0, 0.05) is 12.3 Å². The summed E-state index contributed by atoms with van der Waals surface area (Å²) in [6.45, 7) is 5.42. The van der Waals surface area contributed by atoms with E-state index < -0.39 is 0 Å². The molecule has 2 heteroatoms. The summed E-state index contributed by atoms with van der Waals surface area (Å²) >= 11 is 1.98. The lowest BCUT2D eigenvalue weighted by molar-refractivity contribution is 0.513. The average molecular weight is 175 g/mol. The third-order valence-electron chi connectivity index (χ3n) is 1.80. The van der Waals surface area contributed by atoms with Crippen LogP contribution in [0.4, 0.5) is 0 Å². The highest BCUT2D eigenvalue weighted by atomic mass is 32.2. The second kappa shape index (κ2) is 8.41. The van der Waals surface area contributed by atoms with Crippen molar-refractivity contribution in [3.8, 4) is 0 Å². The SMILES string of the molecule is CCCC(C)CCSCCN. The van der Waals surface area contributed by atoms with Gasteiger partial charge in [0.25, 0.3) is 0 Å². The van der Waals surface area contributed by atoms with Crippen LogP contribution in [0.25, 0.3) is 0 Å². The van der Waals surface area contributed by atoms with E-state index in [2.05, 4.69) is 13.8 Å². The fourth-order valence-electron chi connectivity index (χ4n) is 1.11. The van der Waals surface area contributed by atoms with Crippen molar-refractivity contribution in [1.82, 2.24) is 0 Å². The first-order chi connectivity index (χ1) is 5.31. The van der Waals surface area contributed by atoms with Crippen LogP contribution in [0, 0.1) is 5.92 Å². The topological polar surface area (TPSA) is 26.0 Å². The van der Waals surface area contributed by atoms with E-state index in [1.165, 1.54) is 25.0 Å². The minimum atomic E-state index is 0.826. The maximum atomic E-state index is 5.38. The number of hydrogen-bond donors (Lipinski definition) is 1. The van der Waals surface area contributed by atoms with Crippen LogP contribution in [0.1, 0.15) is 33.1 Å². The normalized spacial score (nSPS) is 13.4. The predicted octanol–water partition coefficient (Wildman–Crippen LogP) is 2.50. The zero-order chi connectivity index (χ0) is 8.53. The molecular formula is C9H21NS. The summed E-state index contributed by atoms with van der Waals surface area (Å²) in [4.78, 5) is 0. The molecule has 0 fully saturated rings. The molecule has 0 saturated heterocycles. The van der Waals surface area contributed by atoms with Gasteiger partial charge >= 0.3 is 0 Å². The second-order valence-corrected chi connectivity index (χ2v) is 4.31. The van der Waals surface area contributed by atoms with Gasteiger partial charge in [-0.2, -0.15) is 11.8 Å². The molecule has 0 aromatic carbocycles. The van der Waals surface area contributed by atoms with E-state index in [0.29, 0.717) is 0 Å². The number of thioether (sulfide) groups is 1. The summed E-state index contributed by atoms with van der Waals surface area (Å²) in [5, 5.41) is 0. The van der Waals surface area contributed by atoms with Gasteiger partial charge in [-0.1, -0.05) is 26.7 Å². The average Bonchev–Trinajstić information content (AvgIpc) is 1.99. The molecule has 1 unspecified atom stereocenters. The van der Waals surface area contributed by atoms with Gasteiger partial charge in [-0.15, -0.1) is 0 Å². The molecule has 11 heavy (non-hydrogen) atoms. The highest BCUT2D eigenvalue weighted by Gasteiger charge is 1.99. The van der Waals surface area contributed by atoms with E-state index in [-0.39, 0.29) is 0 Å². The molecule has 0 aliphatic rings. The Bertz CT molecular complexity index is 76.0. The minimum Gasteiger partial charge on any atom is -0.330 e. The van der Waals surface area contributed by atoms with Crippen molar-refractivity contribution in [2.24, 2.45) is 11.7 Å². The second-order valence-electron chi connectivity index (χ2n) is 3.08. The van der Waals surface area contributed by atoms with Crippen molar-refractivity contribution < 1.29 is 0 Å². The van der Waals surface area contributed by atoms with Crippen molar-refractivity contribution >= 4 is 11.8 Å². The van der Waals surface area contributed by atoms with Crippen LogP contribution in [0.5, 0.6) is 0 Å². The molecule has 1 nitrogen and oxygen atoms in total. The molecular weight excluding hydrogens is 154 g/mol.